The van der Waals surface area contributed by atoms with Gasteiger partial charge in [0.2, 0.25) is 10.9 Å². The molecule has 0 saturated heterocycles. The zero-order valence-corrected chi connectivity index (χ0v) is 12.8. The van der Waals surface area contributed by atoms with Gasteiger partial charge in [0.1, 0.15) is 0 Å². The van der Waals surface area contributed by atoms with Crippen LogP contribution in [-0.2, 0) is 0 Å². The molecule has 0 fully saturated rings. The number of rotatable bonds is 7. The predicted octanol–water partition coefficient (Wildman–Crippen LogP) is -0.236. The van der Waals surface area contributed by atoms with Crippen LogP contribution < -0.4 is 20.6 Å². The molecule has 0 amide bonds. The van der Waals surface area contributed by atoms with E-state index in [1.165, 1.54) is 18.3 Å². The van der Waals surface area contributed by atoms with Crippen LogP contribution >= 0.6 is 12.2 Å². The first kappa shape index (κ1) is 17.4. The molecule has 1 rings (SSSR count). The Morgan fingerprint density at radius 2 is 2.36 bits per heavy atom. The average molecular weight is 325 g/mol. The number of phenolic OH excluding ortho intramolecular Hbond substituents is 1. The summed E-state index contributed by atoms with van der Waals surface area (Å²) in [7, 11) is 0. The Morgan fingerprint density at radius 3 is 2.95 bits per heavy atom. The zero-order chi connectivity index (χ0) is 16.5. The number of benzene rings is 1. The summed E-state index contributed by atoms with van der Waals surface area (Å²) in [4.78, 5) is 10.2. The van der Waals surface area contributed by atoms with Crippen LogP contribution in [0, 0.1) is 10.1 Å². The highest BCUT2D eigenvalue weighted by molar-refractivity contribution is 7.80. The van der Waals surface area contributed by atoms with Gasteiger partial charge < -0.3 is 15.2 Å². The normalized spacial score (nSPS) is 10.2. The van der Waals surface area contributed by atoms with E-state index in [1.807, 2.05) is 0 Å². The molecule has 22 heavy (non-hydrogen) atoms. The number of ether oxygens (including phenoxy) is 1. The van der Waals surface area contributed by atoms with Gasteiger partial charge in [0.15, 0.2) is 12.0 Å². The van der Waals surface area contributed by atoms with Gasteiger partial charge in [0, 0.05) is 12.6 Å². The third-order valence-electron chi connectivity index (χ3n) is 2.41. The molecular formula is C13H17N4O4S+. The fourth-order valence-electron chi connectivity index (χ4n) is 1.50. The van der Waals surface area contributed by atoms with E-state index in [1.54, 1.807) is 13.0 Å². The Balaban J connectivity index is 2.92. The number of hydrogen-bond acceptors (Lipinski definition) is 5. The van der Waals surface area contributed by atoms with Crippen LogP contribution in [0.4, 0.5) is 5.69 Å². The van der Waals surface area contributed by atoms with E-state index in [-0.39, 0.29) is 12.4 Å². The van der Waals surface area contributed by atoms with Gasteiger partial charge in [0.25, 0.3) is 0 Å². The summed E-state index contributed by atoms with van der Waals surface area (Å²) in [6.07, 6.45) is 3.10. The van der Waals surface area contributed by atoms with Crippen molar-refractivity contribution in [1.82, 2.24) is 10.7 Å². The van der Waals surface area contributed by atoms with E-state index in [2.05, 4.69) is 22.4 Å². The van der Waals surface area contributed by atoms with Crippen molar-refractivity contribution in [2.24, 2.45) is 0 Å². The van der Waals surface area contributed by atoms with Crippen molar-refractivity contribution in [2.45, 2.75) is 6.92 Å². The number of aromatic hydroxyl groups is 1. The Kier molecular flexibility index (Phi) is 6.77. The average Bonchev–Trinajstić information content (AvgIpc) is 2.48. The lowest BCUT2D eigenvalue weighted by Gasteiger charge is -2.06. The number of nitrogens with zero attached hydrogens (tertiary/aromatic N) is 1. The minimum absolute atomic E-state index is 0.0390. The fourth-order valence-corrected chi connectivity index (χ4v) is 1.64. The van der Waals surface area contributed by atoms with E-state index < -0.39 is 16.4 Å². The monoisotopic (exact) mass is 325 g/mol. The van der Waals surface area contributed by atoms with Crippen LogP contribution in [0.1, 0.15) is 12.5 Å². The number of nitrogens with one attached hydrogen (secondary N) is 3. The van der Waals surface area contributed by atoms with E-state index in [0.29, 0.717) is 17.2 Å². The maximum Gasteiger partial charge on any atom is 0.315 e. The summed E-state index contributed by atoms with van der Waals surface area (Å²) >= 11 is 4.96. The molecule has 0 bridgehead atoms. The first-order valence-electron chi connectivity index (χ1n) is 6.37. The molecule has 118 valence electrons. The Bertz CT molecular complexity index is 604. The van der Waals surface area contributed by atoms with Gasteiger partial charge in [-0.05, 0) is 25.2 Å². The van der Waals surface area contributed by atoms with Crippen molar-refractivity contribution in [1.29, 1.82) is 0 Å². The molecule has 0 aromatic heterocycles. The number of thiocarbonyl (C=S) groups is 1. The Morgan fingerprint density at radius 1 is 1.64 bits per heavy atom. The highest BCUT2D eigenvalue weighted by atomic mass is 32.1. The second-order valence-electron chi connectivity index (χ2n) is 3.99. The number of nitro benzene ring substituents is 1. The molecule has 0 radical (unpaired) electrons. The SMILES string of the molecule is C=CCNC(=S)N[NH+]=Cc1cc(OCC)c(O)c([N+](=O)[O-])c1. The van der Waals surface area contributed by atoms with E-state index >= 15 is 0 Å². The van der Waals surface area contributed by atoms with Gasteiger partial charge >= 0.3 is 5.69 Å². The quantitative estimate of drug-likeness (QED) is 0.180. The number of phenols is 1. The highest BCUT2D eigenvalue weighted by Gasteiger charge is 2.20. The van der Waals surface area contributed by atoms with Crippen LogP contribution in [0.5, 0.6) is 11.5 Å². The molecule has 0 aliphatic carbocycles. The van der Waals surface area contributed by atoms with Crippen molar-refractivity contribution in [3.05, 3.63) is 40.5 Å². The van der Waals surface area contributed by atoms with Gasteiger partial charge in [-0.25, -0.2) is 0 Å². The molecule has 0 aliphatic heterocycles. The summed E-state index contributed by atoms with van der Waals surface area (Å²) in [6.45, 7) is 6.04. The van der Waals surface area contributed by atoms with E-state index in [4.69, 9.17) is 17.0 Å². The summed E-state index contributed by atoms with van der Waals surface area (Å²) < 4.78 is 5.18. The minimum atomic E-state index is -0.682. The lowest BCUT2D eigenvalue weighted by atomic mass is 10.2. The van der Waals surface area contributed by atoms with Gasteiger partial charge in [-0.1, -0.05) is 6.08 Å². The Hall–Kier alpha value is -2.68. The smallest absolute Gasteiger partial charge is 0.315 e. The lowest BCUT2D eigenvalue weighted by Crippen LogP contribution is -2.82. The van der Waals surface area contributed by atoms with Crippen LogP contribution in [0.15, 0.2) is 24.8 Å². The minimum Gasteiger partial charge on any atom is -0.500 e. The van der Waals surface area contributed by atoms with Crippen molar-refractivity contribution in [3.63, 3.8) is 0 Å². The first-order chi connectivity index (χ1) is 10.5. The summed E-state index contributed by atoms with van der Waals surface area (Å²) in [6, 6.07) is 2.69. The molecule has 1 aromatic carbocycles. The molecular weight excluding hydrogens is 308 g/mol. The molecule has 4 N–H and O–H groups in total. The number of hydrazine groups is 1. The fraction of sp³-hybridized carbons (Fsp3) is 0.231. The van der Waals surface area contributed by atoms with Gasteiger partial charge in [-0.15, -0.1) is 17.1 Å². The van der Waals surface area contributed by atoms with Crippen molar-refractivity contribution < 1.29 is 19.9 Å². The lowest BCUT2D eigenvalue weighted by molar-refractivity contribution is -0.500. The van der Waals surface area contributed by atoms with Gasteiger partial charge in [0.05, 0.1) is 17.1 Å². The molecule has 0 atom stereocenters. The van der Waals surface area contributed by atoms with Crippen molar-refractivity contribution in [2.75, 3.05) is 13.2 Å². The first-order valence-corrected chi connectivity index (χ1v) is 6.78. The maximum atomic E-state index is 10.9. The number of nitro groups is 1. The van der Waals surface area contributed by atoms with Crippen LogP contribution in [0.2, 0.25) is 0 Å². The summed E-state index contributed by atoms with van der Waals surface area (Å²) in [5.74, 6) is -0.461. The second-order valence-corrected chi connectivity index (χ2v) is 4.40. The number of hydrazone groups is 1. The van der Waals surface area contributed by atoms with E-state index in [9.17, 15) is 15.2 Å². The standard InChI is InChI=1S/C13H16N4O4S/c1-3-5-14-13(22)16-15-8-9-6-10(17(19)20)12(18)11(7-9)21-4-2/h3,6-8,18H,1,4-5H2,2H3,(H2,14,16,22)/p+1. The molecule has 0 saturated carbocycles. The maximum absolute atomic E-state index is 10.9. The molecule has 1 aromatic rings. The van der Waals surface area contributed by atoms with Gasteiger partial charge in [-0.2, -0.15) is 0 Å². The van der Waals surface area contributed by atoms with Crippen molar-refractivity contribution in [3.8, 4) is 11.5 Å². The van der Waals surface area contributed by atoms with Gasteiger partial charge in [-0.3, -0.25) is 10.1 Å². The molecule has 8 nitrogen and oxygen atoms in total. The van der Waals surface area contributed by atoms with Crippen molar-refractivity contribution >= 4 is 29.2 Å². The molecule has 0 heterocycles. The summed E-state index contributed by atoms with van der Waals surface area (Å²) in [5, 5.41) is 26.6. The summed E-state index contributed by atoms with van der Waals surface area (Å²) in [5.41, 5.74) is 2.67. The number of hydrogen-bond donors (Lipinski definition) is 4. The molecule has 9 heteroatoms. The van der Waals surface area contributed by atoms with Crippen LogP contribution in [0.25, 0.3) is 0 Å². The topological polar surface area (TPSA) is 111 Å². The third-order valence-corrected chi connectivity index (χ3v) is 2.65. The van der Waals surface area contributed by atoms with Crippen LogP contribution in [-0.4, -0.2) is 34.5 Å². The molecule has 0 unspecified atom stereocenters. The highest BCUT2D eigenvalue weighted by Crippen LogP contribution is 2.36. The molecule has 0 spiro atoms. The van der Waals surface area contributed by atoms with Crippen LogP contribution in [0.3, 0.4) is 0 Å². The Labute approximate surface area is 132 Å². The third kappa shape index (κ3) is 5.02. The second kappa shape index (κ2) is 8.57. The largest absolute Gasteiger partial charge is 0.500 e. The predicted molar refractivity (Wildman–Crippen MR) is 86.0 cm³/mol. The van der Waals surface area contributed by atoms with E-state index in [0.717, 1.165) is 0 Å². The molecule has 0 aliphatic rings. The zero-order valence-electron chi connectivity index (χ0n) is 12.0.